The lowest BCUT2D eigenvalue weighted by Crippen LogP contribution is -2.49. The summed E-state index contributed by atoms with van der Waals surface area (Å²) in [5.41, 5.74) is 5.77. The molecule has 8 heteroatoms. The van der Waals surface area contributed by atoms with E-state index in [1.54, 1.807) is 18.2 Å². The Hall–Kier alpha value is -2.35. The molecule has 4 N–H and O–H groups in total. The topological polar surface area (TPSA) is 91.5 Å². The highest BCUT2D eigenvalue weighted by Gasteiger charge is 2.29. The van der Waals surface area contributed by atoms with Gasteiger partial charge in [0.25, 0.3) is 5.91 Å². The Kier molecular flexibility index (Phi) is 8.32. The van der Waals surface area contributed by atoms with Crippen LogP contribution in [-0.2, 0) is 9.59 Å². The van der Waals surface area contributed by atoms with Crippen LogP contribution >= 0.6 is 12.2 Å². The van der Waals surface area contributed by atoms with E-state index in [1.807, 2.05) is 6.07 Å². The molecule has 7 nitrogen and oxygen atoms in total. The predicted octanol–water partition coefficient (Wildman–Crippen LogP) is 2.49. The maximum Gasteiger partial charge on any atom is 0.266 e. The van der Waals surface area contributed by atoms with Gasteiger partial charge in [0.15, 0.2) is 11.2 Å². The molecule has 2 atom stereocenters. The van der Waals surface area contributed by atoms with Gasteiger partial charge in [-0.15, -0.1) is 0 Å². The van der Waals surface area contributed by atoms with Crippen molar-refractivity contribution in [3.63, 3.8) is 0 Å². The predicted molar refractivity (Wildman–Crippen MR) is 109 cm³/mol. The molecule has 0 aromatic heterocycles. The average molecular weight is 393 g/mol. The van der Waals surface area contributed by atoms with Crippen molar-refractivity contribution in [3.8, 4) is 5.75 Å². The number of anilines is 1. The van der Waals surface area contributed by atoms with Crippen molar-refractivity contribution in [2.45, 2.75) is 52.1 Å². The van der Waals surface area contributed by atoms with Crippen LogP contribution < -0.4 is 26.2 Å². The van der Waals surface area contributed by atoms with Crippen molar-refractivity contribution in [3.05, 3.63) is 24.3 Å². The number of carbonyl (C=O) groups excluding carboxylic acids is 2. The Labute approximate surface area is 165 Å². The molecule has 0 aliphatic carbocycles. The van der Waals surface area contributed by atoms with Crippen LogP contribution in [0.3, 0.4) is 0 Å². The summed E-state index contributed by atoms with van der Waals surface area (Å²) in [7, 11) is 0. The fraction of sp³-hybridized carbons (Fsp3) is 0.526. The van der Waals surface area contributed by atoms with E-state index in [-0.39, 0.29) is 18.2 Å². The van der Waals surface area contributed by atoms with Crippen LogP contribution in [0.25, 0.3) is 0 Å². The Morgan fingerprint density at radius 1 is 1.30 bits per heavy atom. The number of fused-ring (bicyclic) bond motifs is 1. The van der Waals surface area contributed by atoms with E-state index in [2.05, 4.69) is 35.3 Å². The standard InChI is InChI=1S/C19H28N4O3S/c1-3-4-5-8-13(2)12-20-19(27)23-22-17(24)11-16-18(25)21-14-9-6-7-10-15(14)26-16/h6-7,9-10,13,16H,3-5,8,11-12H2,1-2H3,(H,21,25)(H,22,24)(H2,20,23,27)/t13-,16+/m0/s1. The Bertz CT molecular complexity index is 668. The zero-order valence-corrected chi connectivity index (χ0v) is 16.7. The summed E-state index contributed by atoms with van der Waals surface area (Å²) >= 11 is 5.16. The molecule has 0 saturated carbocycles. The molecule has 1 heterocycles. The number of hydrazine groups is 1. The van der Waals surface area contributed by atoms with Crippen LogP contribution in [-0.4, -0.2) is 29.6 Å². The van der Waals surface area contributed by atoms with Crippen molar-refractivity contribution >= 4 is 34.8 Å². The number of ether oxygens (including phenoxy) is 1. The number of para-hydroxylation sites is 2. The first-order valence-electron chi connectivity index (χ1n) is 9.38. The minimum Gasteiger partial charge on any atom is -0.478 e. The highest BCUT2D eigenvalue weighted by Crippen LogP contribution is 2.29. The van der Waals surface area contributed by atoms with E-state index in [0.29, 0.717) is 22.5 Å². The lowest BCUT2D eigenvalue weighted by atomic mass is 10.0. The van der Waals surface area contributed by atoms with Gasteiger partial charge in [0.05, 0.1) is 12.1 Å². The van der Waals surface area contributed by atoms with Gasteiger partial charge in [-0.1, -0.05) is 45.2 Å². The zero-order valence-electron chi connectivity index (χ0n) is 15.8. The fourth-order valence-corrected chi connectivity index (χ4v) is 2.86. The second-order valence-electron chi connectivity index (χ2n) is 6.78. The van der Waals surface area contributed by atoms with Gasteiger partial charge in [0, 0.05) is 6.54 Å². The van der Waals surface area contributed by atoms with E-state index in [4.69, 9.17) is 17.0 Å². The molecule has 1 aromatic carbocycles. The molecule has 1 aliphatic heterocycles. The minimum absolute atomic E-state index is 0.108. The minimum atomic E-state index is -0.873. The number of nitrogens with one attached hydrogen (secondary N) is 4. The van der Waals surface area contributed by atoms with Crippen molar-refractivity contribution in [2.75, 3.05) is 11.9 Å². The SMILES string of the molecule is CCCCC[C@H](C)CNC(=S)NNC(=O)C[C@H]1Oc2ccccc2NC1=O. The molecule has 0 saturated heterocycles. The molecular weight excluding hydrogens is 364 g/mol. The van der Waals surface area contributed by atoms with Crippen molar-refractivity contribution < 1.29 is 14.3 Å². The lowest BCUT2D eigenvalue weighted by Gasteiger charge is -2.25. The van der Waals surface area contributed by atoms with Crippen molar-refractivity contribution in [2.24, 2.45) is 5.92 Å². The van der Waals surface area contributed by atoms with Gasteiger partial charge < -0.3 is 15.4 Å². The summed E-state index contributed by atoms with van der Waals surface area (Å²) in [6.45, 7) is 5.10. The molecule has 2 amide bonds. The second-order valence-corrected chi connectivity index (χ2v) is 7.19. The summed E-state index contributed by atoms with van der Waals surface area (Å²) < 4.78 is 5.60. The zero-order chi connectivity index (χ0) is 19.6. The van der Waals surface area contributed by atoms with Crippen LogP contribution in [0.1, 0.15) is 46.0 Å². The largest absolute Gasteiger partial charge is 0.478 e. The monoisotopic (exact) mass is 392 g/mol. The summed E-state index contributed by atoms with van der Waals surface area (Å²) in [5, 5.41) is 6.17. The summed E-state index contributed by atoms with van der Waals surface area (Å²) in [6.07, 6.45) is 3.82. The van der Waals surface area contributed by atoms with Gasteiger partial charge in [-0.05, 0) is 36.7 Å². The number of benzene rings is 1. The Morgan fingerprint density at radius 2 is 2.07 bits per heavy atom. The molecule has 2 rings (SSSR count). The number of rotatable bonds is 8. The number of unbranched alkanes of at least 4 members (excludes halogenated alkanes) is 2. The van der Waals surface area contributed by atoms with Gasteiger partial charge in [0.2, 0.25) is 5.91 Å². The summed E-state index contributed by atoms with van der Waals surface area (Å²) in [6, 6.07) is 7.11. The molecular formula is C19H28N4O3S. The molecule has 27 heavy (non-hydrogen) atoms. The third kappa shape index (κ3) is 7.05. The molecule has 0 spiro atoms. The maximum absolute atomic E-state index is 12.1. The van der Waals surface area contributed by atoms with Crippen molar-refractivity contribution in [1.82, 2.24) is 16.2 Å². The van der Waals surface area contributed by atoms with Crippen LogP contribution in [0, 0.1) is 5.92 Å². The van der Waals surface area contributed by atoms with Crippen LogP contribution in [0.2, 0.25) is 0 Å². The van der Waals surface area contributed by atoms with Crippen molar-refractivity contribution in [1.29, 1.82) is 0 Å². The fourth-order valence-electron chi connectivity index (χ4n) is 2.73. The molecule has 1 aromatic rings. The molecule has 1 aliphatic rings. The van der Waals surface area contributed by atoms with Gasteiger partial charge in [-0.3, -0.25) is 20.4 Å². The molecule has 148 valence electrons. The number of hydrogen-bond acceptors (Lipinski definition) is 4. The summed E-state index contributed by atoms with van der Waals surface area (Å²) in [5.74, 6) is 0.337. The van der Waals surface area contributed by atoms with Gasteiger partial charge >= 0.3 is 0 Å². The van der Waals surface area contributed by atoms with E-state index in [1.165, 1.54) is 19.3 Å². The normalized spacial score (nSPS) is 16.4. The number of thiocarbonyl (C=S) groups is 1. The third-order valence-corrected chi connectivity index (χ3v) is 4.55. The number of hydrogen-bond donors (Lipinski definition) is 4. The van der Waals surface area contributed by atoms with E-state index in [9.17, 15) is 9.59 Å². The van der Waals surface area contributed by atoms with Gasteiger partial charge in [-0.2, -0.15) is 0 Å². The maximum atomic E-state index is 12.1. The van der Waals surface area contributed by atoms with Crippen LogP contribution in [0.5, 0.6) is 5.75 Å². The van der Waals surface area contributed by atoms with Gasteiger partial charge in [0.1, 0.15) is 5.75 Å². The first kappa shape index (κ1) is 21.0. The smallest absolute Gasteiger partial charge is 0.266 e. The molecule has 0 bridgehead atoms. The molecule has 0 fully saturated rings. The van der Waals surface area contributed by atoms with Crippen LogP contribution in [0.4, 0.5) is 5.69 Å². The Morgan fingerprint density at radius 3 is 2.85 bits per heavy atom. The highest BCUT2D eigenvalue weighted by atomic mass is 32.1. The first-order chi connectivity index (χ1) is 13.0. The van der Waals surface area contributed by atoms with Gasteiger partial charge in [-0.25, -0.2) is 0 Å². The first-order valence-corrected chi connectivity index (χ1v) is 9.79. The number of carbonyl (C=O) groups is 2. The lowest BCUT2D eigenvalue weighted by molar-refractivity contribution is -0.130. The molecule has 0 unspecified atom stereocenters. The van der Waals surface area contributed by atoms with E-state index in [0.717, 1.165) is 13.0 Å². The van der Waals surface area contributed by atoms with E-state index < -0.39 is 6.10 Å². The average Bonchev–Trinajstić information content (AvgIpc) is 2.65. The highest BCUT2D eigenvalue weighted by molar-refractivity contribution is 7.80. The Balaban J connectivity index is 1.67. The summed E-state index contributed by atoms with van der Waals surface area (Å²) in [4.78, 5) is 24.1. The quantitative estimate of drug-likeness (QED) is 0.309. The molecule has 0 radical (unpaired) electrons. The third-order valence-electron chi connectivity index (χ3n) is 4.30. The second kappa shape index (κ2) is 10.7. The van der Waals surface area contributed by atoms with E-state index >= 15 is 0 Å². The number of amides is 2. The van der Waals surface area contributed by atoms with Crippen LogP contribution in [0.15, 0.2) is 24.3 Å².